The van der Waals surface area contributed by atoms with Gasteiger partial charge >= 0.3 is 0 Å². The fraction of sp³-hybridized carbons (Fsp3) is 0.889. The summed E-state index contributed by atoms with van der Waals surface area (Å²) < 4.78 is 0. The molecule has 1 aliphatic rings. The van der Waals surface area contributed by atoms with Gasteiger partial charge < -0.3 is 0 Å². The molecule has 1 rings (SSSR count). The zero-order valence-electron chi connectivity index (χ0n) is 7.05. The summed E-state index contributed by atoms with van der Waals surface area (Å²) in [5, 5.41) is 9.56. The Balaban J connectivity index is 2.20. The van der Waals surface area contributed by atoms with Gasteiger partial charge in [-0.15, -0.1) is 11.8 Å². The molecule has 1 saturated carbocycles. The van der Waals surface area contributed by atoms with E-state index in [4.69, 9.17) is 5.26 Å². The number of rotatable bonds is 2. The molecule has 0 aromatic rings. The Morgan fingerprint density at radius 3 is 2.55 bits per heavy atom. The third-order valence-corrected chi connectivity index (χ3v) is 3.50. The van der Waals surface area contributed by atoms with Gasteiger partial charge in [-0.1, -0.05) is 19.3 Å². The fourth-order valence-electron chi connectivity index (χ4n) is 1.52. The van der Waals surface area contributed by atoms with Gasteiger partial charge in [-0.3, -0.25) is 0 Å². The van der Waals surface area contributed by atoms with E-state index in [1.54, 1.807) is 0 Å². The van der Waals surface area contributed by atoms with Crippen LogP contribution in [0.4, 0.5) is 0 Å². The fourth-order valence-corrected chi connectivity index (χ4v) is 2.76. The Morgan fingerprint density at radius 2 is 2.00 bits per heavy atom. The summed E-state index contributed by atoms with van der Waals surface area (Å²) in [5.74, 6) is 0. The van der Waals surface area contributed by atoms with Crippen molar-refractivity contribution in [3.05, 3.63) is 0 Å². The lowest BCUT2D eigenvalue weighted by molar-refractivity contribution is 0.515. The van der Waals surface area contributed by atoms with E-state index in [2.05, 4.69) is 6.07 Å². The number of thioether (sulfide) groups is 1. The summed E-state index contributed by atoms with van der Waals surface area (Å²) in [4.78, 5) is 0. The highest BCUT2D eigenvalue weighted by molar-refractivity contribution is 8.00. The summed E-state index contributed by atoms with van der Waals surface area (Å²) in [5.41, 5.74) is 0. The van der Waals surface area contributed by atoms with Crippen molar-refractivity contribution in [1.82, 2.24) is 0 Å². The second-order valence-corrected chi connectivity index (χ2v) is 4.81. The second kappa shape index (κ2) is 4.66. The topological polar surface area (TPSA) is 23.8 Å². The van der Waals surface area contributed by atoms with Crippen molar-refractivity contribution in [3.8, 4) is 6.07 Å². The molecule has 1 aliphatic carbocycles. The molecule has 0 spiro atoms. The lowest BCUT2D eigenvalue weighted by Crippen LogP contribution is -2.11. The molecule has 1 nitrogen and oxygen atoms in total. The molecule has 1 atom stereocenters. The molecular weight excluding hydrogens is 154 g/mol. The van der Waals surface area contributed by atoms with Gasteiger partial charge in [0.15, 0.2) is 0 Å². The van der Waals surface area contributed by atoms with Gasteiger partial charge in [-0.25, -0.2) is 0 Å². The minimum atomic E-state index is 0.193. The Morgan fingerprint density at radius 1 is 1.36 bits per heavy atom. The Hall–Kier alpha value is -0.160. The third kappa shape index (κ3) is 3.16. The van der Waals surface area contributed by atoms with Crippen LogP contribution in [0.2, 0.25) is 0 Å². The molecule has 0 N–H and O–H groups in total. The quantitative estimate of drug-likeness (QED) is 0.634. The van der Waals surface area contributed by atoms with Crippen molar-refractivity contribution in [2.24, 2.45) is 0 Å². The smallest absolute Gasteiger partial charge is 0.0891 e. The standard InChI is InChI=1S/C9H15NS/c1-8(7-10)11-9-5-3-2-4-6-9/h8-9H,2-6H2,1H3. The lowest BCUT2D eigenvalue weighted by atomic mass is 10.0. The van der Waals surface area contributed by atoms with Crippen LogP contribution in [0, 0.1) is 11.3 Å². The van der Waals surface area contributed by atoms with Crippen molar-refractivity contribution < 1.29 is 0 Å². The zero-order chi connectivity index (χ0) is 8.10. The maximum Gasteiger partial charge on any atom is 0.0891 e. The highest BCUT2D eigenvalue weighted by Crippen LogP contribution is 2.30. The number of nitriles is 1. The predicted octanol–water partition coefficient (Wildman–Crippen LogP) is 2.96. The van der Waals surface area contributed by atoms with Gasteiger partial charge in [0.1, 0.15) is 0 Å². The number of hydrogen-bond donors (Lipinski definition) is 0. The lowest BCUT2D eigenvalue weighted by Gasteiger charge is -2.21. The Kier molecular flexibility index (Phi) is 3.79. The van der Waals surface area contributed by atoms with Crippen LogP contribution >= 0.6 is 11.8 Å². The molecule has 2 heteroatoms. The van der Waals surface area contributed by atoms with E-state index in [1.165, 1.54) is 32.1 Å². The molecule has 1 unspecified atom stereocenters. The summed E-state index contributed by atoms with van der Waals surface area (Å²) in [7, 11) is 0. The first kappa shape index (κ1) is 8.93. The van der Waals surface area contributed by atoms with E-state index in [9.17, 15) is 0 Å². The molecule has 11 heavy (non-hydrogen) atoms. The van der Waals surface area contributed by atoms with Crippen molar-refractivity contribution >= 4 is 11.8 Å². The molecule has 0 amide bonds. The van der Waals surface area contributed by atoms with E-state index < -0.39 is 0 Å². The van der Waals surface area contributed by atoms with Crippen LogP contribution in [0.5, 0.6) is 0 Å². The summed E-state index contributed by atoms with van der Waals surface area (Å²) >= 11 is 1.86. The first-order chi connectivity index (χ1) is 5.33. The molecule has 0 aromatic heterocycles. The van der Waals surface area contributed by atoms with Crippen LogP contribution in [0.25, 0.3) is 0 Å². The van der Waals surface area contributed by atoms with Crippen LogP contribution in [-0.2, 0) is 0 Å². The van der Waals surface area contributed by atoms with Crippen molar-refractivity contribution in [2.75, 3.05) is 0 Å². The van der Waals surface area contributed by atoms with E-state index in [0.29, 0.717) is 0 Å². The van der Waals surface area contributed by atoms with Gasteiger partial charge in [0, 0.05) is 5.25 Å². The monoisotopic (exact) mass is 169 g/mol. The van der Waals surface area contributed by atoms with Crippen molar-refractivity contribution in [1.29, 1.82) is 5.26 Å². The molecule has 1 fully saturated rings. The minimum absolute atomic E-state index is 0.193. The van der Waals surface area contributed by atoms with Crippen LogP contribution in [0.15, 0.2) is 0 Å². The average Bonchev–Trinajstić information content (AvgIpc) is 2.06. The van der Waals surface area contributed by atoms with Crippen LogP contribution < -0.4 is 0 Å². The Bertz CT molecular complexity index is 144. The molecule has 0 bridgehead atoms. The van der Waals surface area contributed by atoms with Crippen LogP contribution in [0.3, 0.4) is 0 Å². The normalized spacial score (nSPS) is 22.5. The molecule has 0 aliphatic heterocycles. The number of nitrogens with zero attached hydrogens (tertiary/aromatic N) is 1. The summed E-state index contributed by atoms with van der Waals surface area (Å²) in [6.07, 6.45) is 6.80. The first-order valence-electron chi connectivity index (χ1n) is 4.38. The van der Waals surface area contributed by atoms with Crippen LogP contribution in [-0.4, -0.2) is 10.5 Å². The summed E-state index contributed by atoms with van der Waals surface area (Å²) in [6.45, 7) is 2.00. The minimum Gasteiger partial charge on any atom is -0.197 e. The van der Waals surface area contributed by atoms with Gasteiger partial charge in [0.2, 0.25) is 0 Å². The third-order valence-electron chi connectivity index (χ3n) is 2.13. The largest absolute Gasteiger partial charge is 0.197 e. The average molecular weight is 169 g/mol. The van der Waals surface area contributed by atoms with E-state index >= 15 is 0 Å². The maximum absolute atomic E-state index is 8.59. The molecule has 0 aromatic carbocycles. The molecule has 0 radical (unpaired) electrons. The molecular formula is C9H15NS. The van der Waals surface area contributed by atoms with Crippen LogP contribution in [0.1, 0.15) is 39.0 Å². The van der Waals surface area contributed by atoms with Gasteiger partial charge in [-0.05, 0) is 19.8 Å². The SMILES string of the molecule is CC(C#N)SC1CCCCC1. The number of hydrogen-bond acceptors (Lipinski definition) is 2. The molecule has 62 valence electrons. The van der Waals surface area contributed by atoms with Gasteiger partial charge in [-0.2, -0.15) is 5.26 Å². The van der Waals surface area contributed by atoms with E-state index in [-0.39, 0.29) is 5.25 Å². The zero-order valence-corrected chi connectivity index (χ0v) is 7.86. The van der Waals surface area contributed by atoms with Crippen molar-refractivity contribution in [3.63, 3.8) is 0 Å². The van der Waals surface area contributed by atoms with Crippen molar-refractivity contribution in [2.45, 2.75) is 49.5 Å². The highest BCUT2D eigenvalue weighted by atomic mass is 32.2. The van der Waals surface area contributed by atoms with E-state index in [0.717, 1.165) is 5.25 Å². The summed E-state index contributed by atoms with van der Waals surface area (Å²) in [6, 6.07) is 2.28. The first-order valence-corrected chi connectivity index (χ1v) is 5.32. The maximum atomic E-state index is 8.59. The second-order valence-electron chi connectivity index (χ2n) is 3.17. The van der Waals surface area contributed by atoms with Gasteiger partial charge in [0.25, 0.3) is 0 Å². The molecule has 0 heterocycles. The molecule has 0 saturated heterocycles. The Labute approximate surface area is 73.2 Å². The van der Waals surface area contributed by atoms with Gasteiger partial charge in [0.05, 0.1) is 11.3 Å². The highest BCUT2D eigenvalue weighted by Gasteiger charge is 2.16. The van der Waals surface area contributed by atoms with E-state index in [1.807, 2.05) is 18.7 Å². The predicted molar refractivity (Wildman–Crippen MR) is 49.5 cm³/mol.